The summed E-state index contributed by atoms with van der Waals surface area (Å²) in [5, 5.41) is 2.57. The number of amides is 3. The molecule has 1 aliphatic rings. The molecular formula is C25H24ClN3O6S2. The van der Waals surface area contributed by atoms with Gasteiger partial charge in [0.05, 0.1) is 9.77 Å². The lowest BCUT2D eigenvalue weighted by molar-refractivity contribution is -0.140. The largest absolute Gasteiger partial charge is 0.484 e. The highest BCUT2D eigenvalue weighted by Crippen LogP contribution is 2.21. The Bertz CT molecular complexity index is 1340. The van der Waals surface area contributed by atoms with Crippen molar-refractivity contribution in [2.45, 2.75) is 10.3 Å². The molecule has 2 aromatic carbocycles. The number of rotatable bonds is 8. The highest BCUT2D eigenvalue weighted by Gasteiger charge is 2.39. The lowest BCUT2D eigenvalue weighted by atomic mass is 10.3. The Morgan fingerprint density at radius 1 is 0.919 bits per heavy atom. The Hall–Kier alpha value is -3.41. The van der Waals surface area contributed by atoms with Gasteiger partial charge in [-0.25, -0.2) is 8.42 Å². The number of nitrogens with one attached hydrogen (secondary N) is 1. The summed E-state index contributed by atoms with van der Waals surface area (Å²) in [4.78, 5) is 41.8. The normalized spacial score (nSPS) is 14.6. The highest BCUT2D eigenvalue weighted by molar-refractivity contribution is 7.92. The van der Waals surface area contributed by atoms with Gasteiger partial charge >= 0.3 is 0 Å². The van der Waals surface area contributed by atoms with Gasteiger partial charge in [0, 0.05) is 31.2 Å². The zero-order valence-corrected chi connectivity index (χ0v) is 22.0. The zero-order chi connectivity index (χ0) is 26.4. The molecule has 2 heterocycles. The number of thiophene rings is 1. The molecule has 194 valence electrons. The minimum Gasteiger partial charge on any atom is -0.484 e. The molecule has 1 saturated heterocycles. The summed E-state index contributed by atoms with van der Waals surface area (Å²) in [5.41, 5.74) is 0. The molecule has 37 heavy (non-hydrogen) atoms. The smallest absolute Gasteiger partial charge is 0.262 e. The third-order valence-electron chi connectivity index (χ3n) is 5.73. The fourth-order valence-electron chi connectivity index (χ4n) is 3.73. The van der Waals surface area contributed by atoms with Crippen LogP contribution in [-0.2, 0) is 19.4 Å². The Kier molecular flexibility index (Phi) is 8.47. The average molecular weight is 562 g/mol. The first-order valence-electron chi connectivity index (χ1n) is 11.3. The van der Waals surface area contributed by atoms with Crippen LogP contribution in [0.3, 0.4) is 0 Å². The van der Waals surface area contributed by atoms with Crippen molar-refractivity contribution < 1.29 is 27.5 Å². The zero-order valence-electron chi connectivity index (χ0n) is 19.6. The van der Waals surface area contributed by atoms with E-state index >= 15 is 0 Å². The molecule has 0 spiro atoms. The van der Waals surface area contributed by atoms with Gasteiger partial charge in [0.1, 0.15) is 5.75 Å². The van der Waals surface area contributed by atoms with Crippen LogP contribution in [0.15, 0.2) is 77.0 Å². The highest BCUT2D eigenvalue weighted by atomic mass is 35.5. The monoisotopic (exact) mass is 561 g/mol. The fourth-order valence-corrected chi connectivity index (χ4v) is 5.94. The van der Waals surface area contributed by atoms with Crippen LogP contribution in [-0.4, -0.2) is 74.1 Å². The van der Waals surface area contributed by atoms with Crippen LogP contribution in [0.5, 0.6) is 5.75 Å². The number of carbonyl (C=O) groups is 3. The number of halogens is 1. The van der Waals surface area contributed by atoms with Gasteiger partial charge in [-0.1, -0.05) is 35.9 Å². The van der Waals surface area contributed by atoms with E-state index in [1.165, 1.54) is 29.2 Å². The molecule has 0 aliphatic carbocycles. The molecule has 0 unspecified atom stereocenters. The quantitative estimate of drug-likeness (QED) is 0.452. The summed E-state index contributed by atoms with van der Waals surface area (Å²) in [6.45, 7) is 0.474. The summed E-state index contributed by atoms with van der Waals surface area (Å²) < 4.78 is 32.4. The number of piperazine rings is 1. The van der Waals surface area contributed by atoms with E-state index in [9.17, 15) is 22.8 Å². The van der Waals surface area contributed by atoms with Crippen LogP contribution in [0.2, 0.25) is 5.02 Å². The van der Waals surface area contributed by atoms with Crippen LogP contribution in [0.25, 0.3) is 0 Å². The number of carbonyl (C=O) groups excluding carboxylic acids is 3. The molecule has 1 aromatic heterocycles. The van der Waals surface area contributed by atoms with Gasteiger partial charge in [0.25, 0.3) is 17.7 Å². The van der Waals surface area contributed by atoms with Gasteiger partial charge in [0.15, 0.2) is 6.61 Å². The first-order chi connectivity index (χ1) is 17.8. The average Bonchev–Trinajstić information content (AvgIpc) is 3.46. The molecule has 0 saturated carbocycles. The second kappa shape index (κ2) is 11.8. The Labute approximate surface area is 223 Å². The standard InChI is InChI=1S/C25H24ClN3O6S2/c26-18-8-10-20(11-9-18)37(33,34)24(27-23(31)21-7-4-16-36-21)25(32)29-14-12-28(13-15-29)22(30)17-35-19-5-2-1-3-6-19/h1-11,16,24H,12-15,17H2,(H,27,31)/t24-/m1/s1. The first-order valence-corrected chi connectivity index (χ1v) is 14.1. The van der Waals surface area contributed by atoms with Crippen LogP contribution >= 0.6 is 22.9 Å². The lowest BCUT2D eigenvalue weighted by Crippen LogP contribution is -2.58. The third-order valence-corrected chi connectivity index (χ3v) is 8.72. The van der Waals surface area contributed by atoms with Gasteiger partial charge in [-0.2, -0.15) is 0 Å². The summed E-state index contributed by atoms with van der Waals surface area (Å²) in [7, 11) is -4.30. The predicted octanol–water partition coefficient (Wildman–Crippen LogP) is 2.68. The number of benzene rings is 2. The second-order valence-corrected chi connectivity index (χ2v) is 11.6. The van der Waals surface area contributed by atoms with Gasteiger partial charge in [-0.15, -0.1) is 11.3 Å². The van der Waals surface area contributed by atoms with Crippen molar-refractivity contribution >= 4 is 50.5 Å². The van der Waals surface area contributed by atoms with Crippen molar-refractivity contribution in [2.24, 2.45) is 0 Å². The van der Waals surface area contributed by atoms with E-state index in [0.29, 0.717) is 10.8 Å². The van der Waals surface area contributed by atoms with Crippen molar-refractivity contribution in [3.8, 4) is 5.75 Å². The predicted molar refractivity (Wildman–Crippen MR) is 139 cm³/mol. The minimum atomic E-state index is -4.30. The number of hydrogen-bond acceptors (Lipinski definition) is 7. The van der Waals surface area contributed by atoms with Gasteiger partial charge in [0.2, 0.25) is 15.2 Å². The molecule has 3 aromatic rings. The summed E-state index contributed by atoms with van der Waals surface area (Å²) in [6.07, 6.45) is 0. The SMILES string of the molecule is O=C(N[C@@H](C(=O)N1CCN(C(=O)COc2ccccc2)CC1)S(=O)(=O)c1ccc(Cl)cc1)c1cccs1. The molecular weight excluding hydrogens is 538 g/mol. The second-order valence-electron chi connectivity index (χ2n) is 8.14. The van der Waals surface area contributed by atoms with E-state index in [-0.39, 0.29) is 48.5 Å². The van der Waals surface area contributed by atoms with E-state index in [1.807, 2.05) is 6.07 Å². The van der Waals surface area contributed by atoms with Crippen molar-refractivity contribution in [1.29, 1.82) is 0 Å². The van der Waals surface area contributed by atoms with Crippen LogP contribution in [0.4, 0.5) is 0 Å². The minimum absolute atomic E-state index is 0.109. The van der Waals surface area contributed by atoms with Crippen LogP contribution in [0, 0.1) is 0 Å². The van der Waals surface area contributed by atoms with E-state index in [2.05, 4.69) is 5.32 Å². The number of hydrogen-bond donors (Lipinski definition) is 1. The van der Waals surface area contributed by atoms with Crippen LogP contribution < -0.4 is 10.1 Å². The lowest BCUT2D eigenvalue weighted by Gasteiger charge is -2.36. The summed E-state index contributed by atoms with van der Waals surface area (Å²) in [6, 6.07) is 17.5. The molecule has 1 N–H and O–H groups in total. The summed E-state index contributed by atoms with van der Waals surface area (Å²) >= 11 is 7.02. The van der Waals surface area contributed by atoms with E-state index in [0.717, 1.165) is 11.3 Å². The Balaban J connectivity index is 1.45. The maximum Gasteiger partial charge on any atom is 0.262 e. The molecule has 1 aliphatic heterocycles. The van der Waals surface area contributed by atoms with Crippen molar-refractivity contribution in [3.05, 3.63) is 82.0 Å². The van der Waals surface area contributed by atoms with Crippen LogP contribution in [0.1, 0.15) is 9.67 Å². The number of nitrogens with zero attached hydrogens (tertiary/aromatic N) is 2. The molecule has 0 radical (unpaired) electrons. The number of ether oxygens (including phenoxy) is 1. The van der Waals surface area contributed by atoms with E-state index in [4.69, 9.17) is 16.3 Å². The van der Waals surface area contributed by atoms with E-state index < -0.39 is 27.0 Å². The fraction of sp³-hybridized carbons (Fsp3) is 0.240. The topological polar surface area (TPSA) is 113 Å². The van der Waals surface area contributed by atoms with Gasteiger partial charge in [-0.3, -0.25) is 14.4 Å². The maximum absolute atomic E-state index is 13.5. The molecule has 1 atom stereocenters. The molecule has 12 heteroatoms. The molecule has 4 rings (SSSR count). The third kappa shape index (κ3) is 6.48. The van der Waals surface area contributed by atoms with Gasteiger partial charge in [-0.05, 0) is 47.8 Å². The van der Waals surface area contributed by atoms with Crippen molar-refractivity contribution in [1.82, 2.24) is 15.1 Å². The summed E-state index contributed by atoms with van der Waals surface area (Å²) in [5.74, 6) is -1.11. The molecule has 0 bridgehead atoms. The van der Waals surface area contributed by atoms with E-state index in [1.54, 1.807) is 46.7 Å². The Morgan fingerprint density at radius 3 is 2.19 bits per heavy atom. The molecule has 9 nitrogen and oxygen atoms in total. The molecule has 3 amide bonds. The van der Waals surface area contributed by atoms with Crippen molar-refractivity contribution in [2.75, 3.05) is 32.8 Å². The first kappa shape index (κ1) is 26.6. The maximum atomic E-state index is 13.5. The van der Waals surface area contributed by atoms with Gasteiger partial charge < -0.3 is 19.9 Å². The van der Waals surface area contributed by atoms with Crippen molar-refractivity contribution in [3.63, 3.8) is 0 Å². The molecule has 1 fully saturated rings. The Morgan fingerprint density at radius 2 is 1.57 bits per heavy atom. The number of para-hydroxylation sites is 1. The number of sulfone groups is 1.